The molecule has 0 saturated carbocycles. The Balaban J connectivity index is 2.65. The summed E-state index contributed by atoms with van der Waals surface area (Å²) in [6.07, 6.45) is 2.67. The van der Waals surface area contributed by atoms with Crippen LogP contribution in [0.4, 0.5) is 0 Å². The van der Waals surface area contributed by atoms with E-state index in [9.17, 15) is 4.79 Å². The largest absolute Gasteiger partial charge is 0.492 e. The van der Waals surface area contributed by atoms with Crippen LogP contribution in [-0.4, -0.2) is 20.0 Å². The molecule has 0 saturated heterocycles. The average Bonchev–Trinajstić information content (AvgIpc) is 2.28. The van der Waals surface area contributed by atoms with Crippen molar-refractivity contribution in [2.45, 2.75) is 12.8 Å². The van der Waals surface area contributed by atoms with Crippen LogP contribution >= 0.6 is 15.9 Å². The molecule has 1 aliphatic heterocycles. The molecular formula is C11H11BrO3. The second-order valence-corrected chi connectivity index (χ2v) is 4.21. The van der Waals surface area contributed by atoms with Gasteiger partial charge in [-0.3, -0.25) is 4.79 Å². The molecule has 0 bridgehead atoms. The summed E-state index contributed by atoms with van der Waals surface area (Å²) in [5.41, 5.74) is 1.63. The molecule has 0 atom stereocenters. The summed E-state index contributed by atoms with van der Waals surface area (Å²) in [6.45, 7) is 0.679. The molecule has 0 aromatic heterocycles. The Morgan fingerprint density at radius 1 is 1.60 bits per heavy atom. The average molecular weight is 271 g/mol. The van der Waals surface area contributed by atoms with Crippen LogP contribution in [0.2, 0.25) is 0 Å². The molecule has 3 nitrogen and oxygen atoms in total. The summed E-state index contributed by atoms with van der Waals surface area (Å²) in [7, 11) is 1.60. The van der Waals surface area contributed by atoms with Crippen LogP contribution in [0.5, 0.6) is 11.5 Å². The zero-order valence-corrected chi connectivity index (χ0v) is 9.96. The predicted octanol–water partition coefficient (Wildman–Crippen LogP) is 2.60. The van der Waals surface area contributed by atoms with Gasteiger partial charge in [0.25, 0.3) is 0 Å². The van der Waals surface area contributed by atoms with Gasteiger partial charge in [-0.2, -0.15) is 0 Å². The van der Waals surface area contributed by atoms with Gasteiger partial charge in [0.15, 0.2) is 17.8 Å². The first-order valence-electron chi connectivity index (χ1n) is 4.75. The Morgan fingerprint density at radius 2 is 2.40 bits per heavy atom. The van der Waals surface area contributed by atoms with Gasteiger partial charge in [0.1, 0.15) is 0 Å². The number of rotatable bonds is 2. The highest BCUT2D eigenvalue weighted by molar-refractivity contribution is 9.10. The molecule has 2 rings (SSSR count). The van der Waals surface area contributed by atoms with E-state index in [2.05, 4.69) is 15.9 Å². The minimum absolute atomic E-state index is 0.676. The zero-order chi connectivity index (χ0) is 10.8. The van der Waals surface area contributed by atoms with Crippen LogP contribution in [0.3, 0.4) is 0 Å². The minimum Gasteiger partial charge on any atom is -0.492 e. The summed E-state index contributed by atoms with van der Waals surface area (Å²) in [5.74, 6) is 1.38. The lowest BCUT2D eigenvalue weighted by Gasteiger charge is -2.21. The second-order valence-electron chi connectivity index (χ2n) is 3.36. The van der Waals surface area contributed by atoms with Gasteiger partial charge < -0.3 is 9.47 Å². The molecule has 4 heteroatoms. The monoisotopic (exact) mass is 270 g/mol. The number of ether oxygens (including phenoxy) is 2. The van der Waals surface area contributed by atoms with Gasteiger partial charge in [-0.25, -0.2) is 0 Å². The van der Waals surface area contributed by atoms with Crippen LogP contribution < -0.4 is 9.47 Å². The quantitative estimate of drug-likeness (QED) is 0.775. The Bertz CT molecular complexity index is 401. The van der Waals surface area contributed by atoms with Gasteiger partial charge in [-0.15, -0.1) is 0 Å². The van der Waals surface area contributed by atoms with Crippen molar-refractivity contribution < 1.29 is 14.3 Å². The second kappa shape index (κ2) is 4.23. The van der Waals surface area contributed by atoms with Crippen molar-refractivity contribution in [3.8, 4) is 11.5 Å². The lowest BCUT2D eigenvalue weighted by molar-refractivity contribution is 0.112. The first-order chi connectivity index (χ1) is 7.27. The minimum atomic E-state index is 0.676. The standard InChI is InChI=1S/C11H11BrO3/c1-14-11-9(12)5-7(6-13)8-3-2-4-15-10(8)11/h5-6H,2-4H2,1H3. The molecule has 80 valence electrons. The van der Waals surface area contributed by atoms with Crippen molar-refractivity contribution in [1.82, 2.24) is 0 Å². The number of aldehydes is 1. The van der Waals surface area contributed by atoms with Crippen molar-refractivity contribution in [1.29, 1.82) is 0 Å². The maximum atomic E-state index is 10.9. The smallest absolute Gasteiger partial charge is 0.175 e. The number of benzene rings is 1. The Kier molecular flexibility index (Phi) is 2.95. The van der Waals surface area contributed by atoms with E-state index < -0.39 is 0 Å². The van der Waals surface area contributed by atoms with Crippen molar-refractivity contribution in [2.24, 2.45) is 0 Å². The van der Waals surface area contributed by atoms with Crippen molar-refractivity contribution in [3.05, 3.63) is 21.7 Å². The zero-order valence-electron chi connectivity index (χ0n) is 8.38. The Hall–Kier alpha value is -1.03. The van der Waals surface area contributed by atoms with Gasteiger partial charge in [-0.05, 0) is 34.8 Å². The fraction of sp³-hybridized carbons (Fsp3) is 0.364. The van der Waals surface area contributed by atoms with Crippen LogP contribution in [-0.2, 0) is 6.42 Å². The van der Waals surface area contributed by atoms with Crippen molar-refractivity contribution in [2.75, 3.05) is 13.7 Å². The summed E-state index contributed by atoms with van der Waals surface area (Å²) >= 11 is 3.36. The third kappa shape index (κ3) is 1.74. The van der Waals surface area contributed by atoms with Crippen LogP contribution in [0.15, 0.2) is 10.5 Å². The van der Waals surface area contributed by atoms with Gasteiger partial charge in [0.05, 0.1) is 18.2 Å². The van der Waals surface area contributed by atoms with Gasteiger partial charge in [-0.1, -0.05) is 0 Å². The number of halogens is 1. The highest BCUT2D eigenvalue weighted by Gasteiger charge is 2.21. The Labute approximate surface area is 96.5 Å². The first kappa shape index (κ1) is 10.5. The number of hydrogen-bond acceptors (Lipinski definition) is 3. The molecule has 0 fully saturated rings. The molecule has 0 aliphatic carbocycles. The van der Waals surface area contributed by atoms with Gasteiger partial charge in [0.2, 0.25) is 0 Å². The molecule has 0 unspecified atom stereocenters. The molecule has 1 aromatic carbocycles. The van der Waals surface area contributed by atoms with Gasteiger partial charge >= 0.3 is 0 Å². The van der Waals surface area contributed by atoms with Gasteiger partial charge in [0, 0.05) is 11.1 Å². The lowest BCUT2D eigenvalue weighted by Crippen LogP contribution is -2.12. The number of methoxy groups -OCH3 is 1. The number of hydrogen-bond donors (Lipinski definition) is 0. The molecule has 0 spiro atoms. The fourth-order valence-corrected chi connectivity index (χ4v) is 2.38. The van der Waals surface area contributed by atoms with E-state index in [1.54, 1.807) is 13.2 Å². The summed E-state index contributed by atoms with van der Waals surface area (Å²) in [5, 5.41) is 0. The highest BCUT2D eigenvalue weighted by atomic mass is 79.9. The lowest BCUT2D eigenvalue weighted by atomic mass is 10.00. The molecule has 0 radical (unpaired) electrons. The molecule has 0 amide bonds. The van der Waals surface area contributed by atoms with Crippen LogP contribution in [0.25, 0.3) is 0 Å². The maximum Gasteiger partial charge on any atom is 0.175 e. The van der Waals surface area contributed by atoms with Crippen molar-refractivity contribution >= 4 is 22.2 Å². The van der Waals surface area contributed by atoms with E-state index in [-0.39, 0.29) is 0 Å². The third-order valence-corrected chi connectivity index (χ3v) is 3.07. The summed E-state index contributed by atoms with van der Waals surface area (Å²) in [4.78, 5) is 10.9. The van der Waals surface area contributed by atoms with E-state index >= 15 is 0 Å². The van der Waals surface area contributed by atoms with E-state index in [4.69, 9.17) is 9.47 Å². The fourth-order valence-electron chi connectivity index (χ4n) is 1.79. The number of fused-ring (bicyclic) bond motifs is 1. The molecule has 0 N–H and O–H groups in total. The highest BCUT2D eigenvalue weighted by Crippen LogP contribution is 2.42. The van der Waals surface area contributed by atoms with Crippen molar-refractivity contribution in [3.63, 3.8) is 0 Å². The molecule has 15 heavy (non-hydrogen) atoms. The number of carbonyl (C=O) groups excluding carboxylic acids is 1. The maximum absolute atomic E-state index is 10.9. The van der Waals surface area contributed by atoms with Crippen LogP contribution in [0.1, 0.15) is 22.3 Å². The summed E-state index contributed by atoms with van der Waals surface area (Å²) in [6, 6.07) is 1.78. The predicted molar refractivity (Wildman–Crippen MR) is 59.9 cm³/mol. The SMILES string of the molecule is COc1c(Br)cc(C=O)c2c1OCCC2. The van der Waals surface area contributed by atoms with E-state index in [1.807, 2.05) is 0 Å². The topological polar surface area (TPSA) is 35.5 Å². The summed E-state index contributed by atoms with van der Waals surface area (Å²) < 4.78 is 11.6. The molecular weight excluding hydrogens is 260 g/mol. The van der Waals surface area contributed by atoms with E-state index in [0.29, 0.717) is 23.7 Å². The molecule has 1 heterocycles. The van der Waals surface area contributed by atoms with Crippen LogP contribution in [0, 0.1) is 0 Å². The number of carbonyl (C=O) groups is 1. The first-order valence-corrected chi connectivity index (χ1v) is 5.54. The Morgan fingerprint density at radius 3 is 3.07 bits per heavy atom. The van der Waals surface area contributed by atoms with E-state index in [0.717, 1.165) is 29.2 Å². The third-order valence-electron chi connectivity index (χ3n) is 2.48. The normalized spacial score (nSPS) is 14.0. The van der Waals surface area contributed by atoms with E-state index in [1.165, 1.54) is 0 Å². The molecule has 1 aliphatic rings. The molecule has 1 aromatic rings.